The molecule has 1 aliphatic heterocycles. The number of methoxy groups -OCH3 is 3. The van der Waals surface area contributed by atoms with Crippen LogP contribution >= 0.6 is 23.1 Å². The normalized spacial score (nSPS) is 14.1. The fourth-order valence-corrected chi connectivity index (χ4v) is 4.98. The Morgan fingerprint density at radius 1 is 1.08 bits per heavy atom. The Balaban J connectivity index is 1.61. The minimum atomic E-state index is -0.320. The van der Waals surface area contributed by atoms with Gasteiger partial charge in [0.2, 0.25) is 16.8 Å². The number of carbonyl (C=O) groups excluding carboxylic acids is 2. The predicted molar refractivity (Wildman–Crippen MR) is 146 cm³/mol. The number of anilines is 2. The topological polar surface area (TPSA) is 115 Å². The van der Waals surface area contributed by atoms with Crippen LogP contribution in [0.25, 0.3) is 6.08 Å². The molecule has 3 aromatic rings. The Labute approximate surface area is 222 Å². The van der Waals surface area contributed by atoms with Crippen LogP contribution in [0.3, 0.4) is 0 Å². The van der Waals surface area contributed by atoms with Gasteiger partial charge in [0.1, 0.15) is 10.7 Å². The molecular formula is C25H25N5O5S2. The SMILES string of the molecule is CCc1nnc(NC(=O)CSC2=N/C(=C\c3cc(OC)c(OC)c(OC)c3)C(=O)N2c2ccccc2)s1. The van der Waals surface area contributed by atoms with E-state index < -0.39 is 0 Å². The number of nitrogens with one attached hydrogen (secondary N) is 1. The maximum Gasteiger partial charge on any atom is 0.283 e. The van der Waals surface area contributed by atoms with Gasteiger partial charge in [-0.2, -0.15) is 0 Å². The first kappa shape index (κ1) is 26.2. The second kappa shape index (κ2) is 11.9. The molecule has 0 fully saturated rings. The average Bonchev–Trinajstić information content (AvgIpc) is 3.50. The lowest BCUT2D eigenvalue weighted by Crippen LogP contribution is -2.31. The Morgan fingerprint density at radius 2 is 1.78 bits per heavy atom. The zero-order chi connectivity index (χ0) is 26.4. The maximum absolute atomic E-state index is 13.4. The molecular weight excluding hydrogens is 514 g/mol. The molecule has 0 radical (unpaired) electrons. The smallest absolute Gasteiger partial charge is 0.283 e. The van der Waals surface area contributed by atoms with Crippen molar-refractivity contribution in [3.8, 4) is 17.2 Å². The number of aromatic nitrogens is 2. The summed E-state index contributed by atoms with van der Waals surface area (Å²) in [6.45, 7) is 1.97. The fourth-order valence-electron chi connectivity index (χ4n) is 3.47. The van der Waals surface area contributed by atoms with E-state index in [2.05, 4.69) is 20.5 Å². The zero-order valence-electron chi connectivity index (χ0n) is 20.7. The third-order valence-electron chi connectivity index (χ3n) is 5.18. The summed E-state index contributed by atoms with van der Waals surface area (Å²) in [5, 5.41) is 12.4. The quantitative estimate of drug-likeness (QED) is 0.402. The number of ether oxygens (including phenoxy) is 3. The lowest BCUT2D eigenvalue weighted by atomic mass is 10.1. The number of hydrogen-bond acceptors (Lipinski definition) is 10. The van der Waals surface area contributed by atoms with E-state index in [0.29, 0.717) is 38.8 Å². The van der Waals surface area contributed by atoms with E-state index in [1.54, 1.807) is 18.2 Å². The molecule has 1 N–H and O–H groups in total. The molecule has 0 saturated heterocycles. The van der Waals surface area contributed by atoms with Crippen LogP contribution in [0.1, 0.15) is 17.5 Å². The van der Waals surface area contributed by atoms with Gasteiger partial charge in [-0.15, -0.1) is 10.2 Å². The molecule has 0 saturated carbocycles. The van der Waals surface area contributed by atoms with Gasteiger partial charge in [-0.25, -0.2) is 4.99 Å². The minimum Gasteiger partial charge on any atom is -0.493 e. The summed E-state index contributed by atoms with van der Waals surface area (Å²) in [6, 6.07) is 12.6. The standard InChI is InChI=1S/C25H25N5O5S2/c1-5-21-28-29-24(37-21)27-20(31)14-36-25-26-17(23(32)30(25)16-9-7-6-8-10-16)11-15-12-18(33-2)22(35-4)19(13-15)34-3/h6-13H,5,14H2,1-4H3,(H,27,29,31)/b17-11-. The van der Waals surface area contributed by atoms with Crippen molar-refractivity contribution in [2.45, 2.75) is 13.3 Å². The van der Waals surface area contributed by atoms with E-state index in [4.69, 9.17) is 14.2 Å². The molecule has 37 heavy (non-hydrogen) atoms. The molecule has 2 aromatic carbocycles. The van der Waals surface area contributed by atoms with Crippen molar-refractivity contribution < 1.29 is 23.8 Å². The molecule has 1 aliphatic rings. The first-order chi connectivity index (χ1) is 18.0. The summed E-state index contributed by atoms with van der Waals surface area (Å²) in [6.07, 6.45) is 2.39. The van der Waals surface area contributed by atoms with Gasteiger partial charge in [-0.3, -0.25) is 19.8 Å². The van der Waals surface area contributed by atoms with Gasteiger partial charge >= 0.3 is 0 Å². The zero-order valence-corrected chi connectivity index (χ0v) is 22.3. The number of aliphatic imine (C=N–C) groups is 1. The van der Waals surface area contributed by atoms with Gasteiger partial charge < -0.3 is 14.2 Å². The molecule has 0 spiro atoms. The Hall–Kier alpha value is -3.90. The molecule has 1 aromatic heterocycles. The van der Waals surface area contributed by atoms with Crippen LogP contribution in [-0.2, 0) is 16.0 Å². The van der Waals surface area contributed by atoms with Crippen molar-refractivity contribution in [1.29, 1.82) is 0 Å². The highest BCUT2D eigenvalue weighted by Gasteiger charge is 2.32. The van der Waals surface area contributed by atoms with Crippen molar-refractivity contribution >= 4 is 57.0 Å². The van der Waals surface area contributed by atoms with Crippen LogP contribution in [0, 0.1) is 0 Å². The number of nitrogens with zero attached hydrogens (tertiary/aromatic N) is 4. The predicted octanol–water partition coefficient (Wildman–Crippen LogP) is 4.24. The van der Waals surface area contributed by atoms with Crippen molar-refractivity contribution in [3.05, 3.63) is 58.7 Å². The Kier molecular flexibility index (Phi) is 8.41. The number of thioether (sulfide) groups is 1. The van der Waals surface area contributed by atoms with Crippen LogP contribution in [0.2, 0.25) is 0 Å². The number of benzene rings is 2. The van der Waals surface area contributed by atoms with Crippen LogP contribution in [0.15, 0.2) is 53.2 Å². The minimum absolute atomic E-state index is 0.0357. The van der Waals surface area contributed by atoms with Crippen molar-refractivity contribution in [2.24, 2.45) is 4.99 Å². The number of para-hydroxylation sites is 1. The van der Waals surface area contributed by atoms with Crippen molar-refractivity contribution in [1.82, 2.24) is 10.2 Å². The third kappa shape index (κ3) is 5.92. The van der Waals surface area contributed by atoms with E-state index in [0.717, 1.165) is 23.2 Å². The van der Waals surface area contributed by atoms with E-state index in [1.807, 2.05) is 37.3 Å². The number of hydrogen-bond donors (Lipinski definition) is 1. The Morgan fingerprint density at radius 3 is 2.38 bits per heavy atom. The lowest BCUT2D eigenvalue weighted by Gasteiger charge is -2.17. The largest absolute Gasteiger partial charge is 0.493 e. The molecule has 0 unspecified atom stereocenters. The number of amides is 2. The summed E-state index contributed by atoms with van der Waals surface area (Å²) in [5.74, 6) is 0.805. The van der Waals surface area contributed by atoms with Gasteiger partial charge in [0.25, 0.3) is 5.91 Å². The van der Waals surface area contributed by atoms with E-state index in [-0.39, 0.29) is 23.3 Å². The third-order valence-corrected chi connectivity index (χ3v) is 7.10. The molecule has 0 bridgehead atoms. The Bertz CT molecular complexity index is 1330. The van der Waals surface area contributed by atoms with Gasteiger partial charge in [0, 0.05) is 0 Å². The van der Waals surface area contributed by atoms with Crippen molar-refractivity contribution in [2.75, 3.05) is 37.3 Å². The van der Waals surface area contributed by atoms with E-state index in [1.165, 1.54) is 37.6 Å². The summed E-state index contributed by atoms with van der Waals surface area (Å²) >= 11 is 2.49. The fraction of sp³-hybridized carbons (Fsp3) is 0.240. The van der Waals surface area contributed by atoms with Crippen LogP contribution in [-0.4, -0.2) is 54.3 Å². The first-order valence-corrected chi connectivity index (χ1v) is 13.0. The molecule has 0 aliphatic carbocycles. The highest BCUT2D eigenvalue weighted by Crippen LogP contribution is 2.39. The summed E-state index contributed by atoms with van der Waals surface area (Å²) in [5.41, 5.74) is 1.49. The second-order valence-electron chi connectivity index (χ2n) is 7.55. The summed E-state index contributed by atoms with van der Waals surface area (Å²) in [7, 11) is 4.57. The first-order valence-electron chi connectivity index (χ1n) is 11.2. The maximum atomic E-state index is 13.4. The van der Waals surface area contributed by atoms with E-state index in [9.17, 15) is 9.59 Å². The van der Waals surface area contributed by atoms with Gasteiger partial charge in [0.05, 0.1) is 32.8 Å². The summed E-state index contributed by atoms with van der Waals surface area (Å²) < 4.78 is 16.2. The van der Waals surface area contributed by atoms with Gasteiger partial charge in [-0.1, -0.05) is 48.2 Å². The second-order valence-corrected chi connectivity index (χ2v) is 9.55. The monoisotopic (exact) mass is 539 g/mol. The van der Waals surface area contributed by atoms with Gasteiger partial charge in [0.15, 0.2) is 16.7 Å². The highest BCUT2D eigenvalue weighted by atomic mass is 32.2. The number of amidine groups is 1. The van der Waals surface area contributed by atoms with Crippen LogP contribution < -0.4 is 24.4 Å². The molecule has 192 valence electrons. The molecule has 2 amide bonds. The summed E-state index contributed by atoms with van der Waals surface area (Å²) in [4.78, 5) is 32.1. The van der Waals surface area contributed by atoms with Crippen molar-refractivity contribution in [3.63, 3.8) is 0 Å². The average molecular weight is 540 g/mol. The number of carbonyl (C=O) groups is 2. The van der Waals surface area contributed by atoms with Crippen LogP contribution in [0.5, 0.6) is 17.2 Å². The molecule has 12 heteroatoms. The van der Waals surface area contributed by atoms with E-state index >= 15 is 0 Å². The highest BCUT2D eigenvalue weighted by molar-refractivity contribution is 8.14. The van der Waals surface area contributed by atoms with Gasteiger partial charge in [-0.05, 0) is 42.3 Å². The molecule has 2 heterocycles. The number of rotatable bonds is 9. The lowest BCUT2D eigenvalue weighted by molar-refractivity contribution is -0.114. The molecule has 4 rings (SSSR count). The molecule has 0 atom stereocenters. The van der Waals surface area contributed by atoms with Crippen LogP contribution in [0.4, 0.5) is 10.8 Å². The molecule has 10 nitrogen and oxygen atoms in total. The number of aryl methyl sites for hydroxylation is 1.